The molecule has 0 amide bonds. The van der Waals surface area contributed by atoms with Crippen LogP contribution in [0.25, 0.3) is 0 Å². The van der Waals surface area contributed by atoms with E-state index in [0.717, 1.165) is 6.42 Å². The molecule has 1 aromatic heterocycles. The molecular weight excluding hydrogens is 240 g/mol. The number of nitrogens with zero attached hydrogens (tertiary/aromatic N) is 1. The predicted octanol–water partition coefficient (Wildman–Crippen LogP) is 3.73. The normalized spacial score (nSPS) is 14.4. The number of hydrogen-bond donors (Lipinski definition) is 1. The van der Waals surface area contributed by atoms with Gasteiger partial charge in [-0.1, -0.05) is 24.3 Å². The maximum absolute atomic E-state index is 4.13. The van der Waals surface area contributed by atoms with Gasteiger partial charge in [0.2, 0.25) is 0 Å². The van der Waals surface area contributed by atoms with E-state index in [1.165, 1.54) is 16.0 Å². The largest absolute Gasteiger partial charge is 0.307 e. The van der Waals surface area contributed by atoms with E-state index >= 15 is 0 Å². The molecule has 0 saturated carbocycles. The molecule has 96 valence electrons. The van der Waals surface area contributed by atoms with Crippen LogP contribution in [0, 0.1) is 6.92 Å². The number of nitrogens with one attached hydrogen (secondary N) is 1. The van der Waals surface area contributed by atoms with Crippen LogP contribution in [-0.2, 0) is 6.42 Å². The van der Waals surface area contributed by atoms with Gasteiger partial charge in [0.15, 0.2) is 0 Å². The zero-order valence-electron chi connectivity index (χ0n) is 11.2. The SMILES string of the molecule is Cc1ccccc1CC(C)NC(C)c1cncs1. The van der Waals surface area contributed by atoms with Crippen LogP contribution in [0.1, 0.15) is 35.9 Å². The lowest BCUT2D eigenvalue weighted by Gasteiger charge is -2.19. The standard InChI is InChI=1S/C15H20N2S/c1-11-6-4-5-7-14(11)8-12(2)17-13(3)15-9-16-10-18-15/h4-7,9-10,12-13,17H,8H2,1-3H3. The van der Waals surface area contributed by atoms with Crippen molar-refractivity contribution < 1.29 is 0 Å². The van der Waals surface area contributed by atoms with Crippen molar-refractivity contribution in [3.63, 3.8) is 0 Å². The molecule has 1 heterocycles. The van der Waals surface area contributed by atoms with Gasteiger partial charge in [-0.15, -0.1) is 11.3 Å². The third-order valence-electron chi connectivity index (χ3n) is 3.20. The van der Waals surface area contributed by atoms with Crippen LogP contribution in [0.3, 0.4) is 0 Å². The summed E-state index contributed by atoms with van der Waals surface area (Å²) in [7, 11) is 0. The smallest absolute Gasteiger partial charge is 0.0794 e. The molecule has 0 aliphatic carbocycles. The van der Waals surface area contributed by atoms with Crippen molar-refractivity contribution in [2.75, 3.05) is 0 Å². The van der Waals surface area contributed by atoms with Gasteiger partial charge in [0.1, 0.15) is 0 Å². The van der Waals surface area contributed by atoms with Crippen LogP contribution >= 0.6 is 11.3 Å². The Labute approximate surface area is 113 Å². The zero-order chi connectivity index (χ0) is 13.0. The van der Waals surface area contributed by atoms with Gasteiger partial charge in [-0.25, -0.2) is 0 Å². The summed E-state index contributed by atoms with van der Waals surface area (Å²) in [4.78, 5) is 5.42. The van der Waals surface area contributed by atoms with Crippen LogP contribution in [0.2, 0.25) is 0 Å². The molecule has 0 bridgehead atoms. The molecule has 3 heteroatoms. The number of aryl methyl sites for hydroxylation is 1. The second-order valence-corrected chi connectivity index (χ2v) is 5.74. The van der Waals surface area contributed by atoms with E-state index in [4.69, 9.17) is 0 Å². The molecule has 2 atom stereocenters. The Bertz CT molecular complexity index is 479. The summed E-state index contributed by atoms with van der Waals surface area (Å²) in [6.45, 7) is 6.61. The Morgan fingerprint density at radius 1 is 1.28 bits per heavy atom. The summed E-state index contributed by atoms with van der Waals surface area (Å²) in [5, 5.41) is 3.63. The maximum Gasteiger partial charge on any atom is 0.0794 e. The molecule has 0 aliphatic rings. The average Bonchev–Trinajstić information content (AvgIpc) is 2.85. The van der Waals surface area contributed by atoms with Gasteiger partial charge in [0.05, 0.1) is 5.51 Å². The quantitative estimate of drug-likeness (QED) is 0.886. The van der Waals surface area contributed by atoms with Crippen molar-refractivity contribution in [3.8, 4) is 0 Å². The average molecular weight is 260 g/mol. The Morgan fingerprint density at radius 3 is 2.72 bits per heavy atom. The highest BCUT2D eigenvalue weighted by Gasteiger charge is 2.11. The number of aromatic nitrogens is 1. The van der Waals surface area contributed by atoms with Gasteiger partial charge in [-0.05, 0) is 38.3 Å². The van der Waals surface area contributed by atoms with Gasteiger partial charge in [0.25, 0.3) is 0 Å². The Hall–Kier alpha value is -1.19. The van der Waals surface area contributed by atoms with Gasteiger partial charge >= 0.3 is 0 Å². The van der Waals surface area contributed by atoms with E-state index in [0.29, 0.717) is 12.1 Å². The molecule has 2 nitrogen and oxygen atoms in total. The lowest BCUT2D eigenvalue weighted by atomic mass is 10.0. The highest BCUT2D eigenvalue weighted by molar-refractivity contribution is 7.09. The van der Waals surface area contributed by atoms with Gasteiger partial charge in [-0.3, -0.25) is 4.98 Å². The Morgan fingerprint density at radius 2 is 2.06 bits per heavy atom. The Balaban J connectivity index is 1.93. The minimum absolute atomic E-state index is 0.372. The molecule has 0 radical (unpaired) electrons. The second-order valence-electron chi connectivity index (χ2n) is 4.82. The first kappa shape index (κ1) is 13.2. The molecule has 2 rings (SSSR count). The molecule has 2 aromatic rings. The first-order valence-electron chi connectivity index (χ1n) is 6.35. The van der Waals surface area contributed by atoms with Crippen LogP contribution < -0.4 is 5.32 Å². The molecule has 0 spiro atoms. The van der Waals surface area contributed by atoms with Crippen LogP contribution in [-0.4, -0.2) is 11.0 Å². The van der Waals surface area contributed by atoms with E-state index in [2.05, 4.69) is 55.3 Å². The second kappa shape index (κ2) is 6.12. The first-order chi connectivity index (χ1) is 8.66. The molecule has 0 aliphatic heterocycles. The minimum Gasteiger partial charge on any atom is -0.307 e. The first-order valence-corrected chi connectivity index (χ1v) is 7.23. The maximum atomic E-state index is 4.13. The molecule has 0 saturated heterocycles. The number of rotatable bonds is 5. The highest BCUT2D eigenvalue weighted by atomic mass is 32.1. The highest BCUT2D eigenvalue weighted by Crippen LogP contribution is 2.18. The van der Waals surface area contributed by atoms with E-state index < -0.39 is 0 Å². The van der Waals surface area contributed by atoms with Gasteiger partial charge in [-0.2, -0.15) is 0 Å². The van der Waals surface area contributed by atoms with Gasteiger partial charge in [0, 0.05) is 23.2 Å². The van der Waals surface area contributed by atoms with Crippen molar-refractivity contribution >= 4 is 11.3 Å². The van der Waals surface area contributed by atoms with Crippen molar-refractivity contribution in [3.05, 3.63) is 52.0 Å². The van der Waals surface area contributed by atoms with E-state index in [1.807, 2.05) is 11.7 Å². The summed E-state index contributed by atoms with van der Waals surface area (Å²) in [6.07, 6.45) is 3.01. The molecule has 2 unspecified atom stereocenters. The number of benzene rings is 1. The number of hydrogen-bond acceptors (Lipinski definition) is 3. The van der Waals surface area contributed by atoms with Crippen LogP contribution in [0.4, 0.5) is 0 Å². The summed E-state index contributed by atoms with van der Waals surface area (Å²) in [5.41, 5.74) is 4.69. The summed E-state index contributed by atoms with van der Waals surface area (Å²) in [5.74, 6) is 0. The Kier molecular flexibility index (Phi) is 4.50. The monoisotopic (exact) mass is 260 g/mol. The van der Waals surface area contributed by atoms with Gasteiger partial charge < -0.3 is 5.32 Å². The van der Waals surface area contributed by atoms with Crippen LogP contribution in [0.5, 0.6) is 0 Å². The number of thiazole rings is 1. The van der Waals surface area contributed by atoms with E-state index in [1.54, 1.807) is 11.3 Å². The molecular formula is C15H20N2S. The molecule has 0 fully saturated rings. The fourth-order valence-electron chi connectivity index (χ4n) is 2.18. The fraction of sp³-hybridized carbons (Fsp3) is 0.400. The van der Waals surface area contributed by atoms with Crippen molar-refractivity contribution in [2.45, 2.75) is 39.3 Å². The lowest BCUT2D eigenvalue weighted by Crippen LogP contribution is -2.30. The lowest BCUT2D eigenvalue weighted by molar-refractivity contribution is 0.481. The zero-order valence-corrected chi connectivity index (χ0v) is 12.0. The van der Waals surface area contributed by atoms with Crippen molar-refractivity contribution in [1.82, 2.24) is 10.3 Å². The fourth-order valence-corrected chi connectivity index (χ4v) is 2.81. The summed E-state index contributed by atoms with van der Waals surface area (Å²) >= 11 is 1.71. The third kappa shape index (κ3) is 3.40. The minimum atomic E-state index is 0.372. The van der Waals surface area contributed by atoms with E-state index in [-0.39, 0.29) is 0 Å². The molecule has 1 N–H and O–H groups in total. The van der Waals surface area contributed by atoms with Crippen molar-refractivity contribution in [2.24, 2.45) is 0 Å². The van der Waals surface area contributed by atoms with E-state index in [9.17, 15) is 0 Å². The predicted molar refractivity (Wildman–Crippen MR) is 78.0 cm³/mol. The summed E-state index contributed by atoms with van der Waals surface area (Å²) in [6, 6.07) is 9.43. The summed E-state index contributed by atoms with van der Waals surface area (Å²) < 4.78 is 0. The van der Waals surface area contributed by atoms with Crippen molar-refractivity contribution in [1.29, 1.82) is 0 Å². The molecule has 1 aromatic carbocycles. The van der Waals surface area contributed by atoms with Crippen LogP contribution in [0.15, 0.2) is 36.0 Å². The third-order valence-corrected chi connectivity index (χ3v) is 4.16. The topological polar surface area (TPSA) is 24.9 Å². The molecule has 18 heavy (non-hydrogen) atoms.